The molecule has 0 aliphatic carbocycles. The highest BCUT2D eigenvalue weighted by Crippen LogP contribution is 2.31. The number of allylic oxidation sites excluding steroid dienone is 1. The van der Waals surface area contributed by atoms with Crippen LogP contribution in [-0.2, 0) is 11.1 Å². The van der Waals surface area contributed by atoms with Crippen molar-refractivity contribution >= 4 is 11.1 Å². The second kappa shape index (κ2) is 4.59. The lowest BCUT2D eigenvalue weighted by atomic mass is 9.87. The maximum absolute atomic E-state index is 11.3. The van der Waals surface area contributed by atoms with Crippen molar-refractivity contribution in [3.05, 3.63) is 11.0 Å². The average Bonchev–Trinajstić information content (AvgIpc) is 2.07. The van der Waals surface area contributed by atoms with Crippen molar-refractivity contribution in [2.75, 3.05) is 27.2 Å². The van der Waals surface area contributed by atoms with Crippen LogP contribution in [0.4, 0.5) is 0 Å². The van der Waals surface area contributed by atoms with E-state index in [-0.39, 0.29) is 11.3 Å². The lowest BCUT2D eigenvalue weighted by Crippen LogP contribution is -2.48. The molecule has 1 N–H and O–H groups in total. The van der Waals surface area contributed by atoms with Gasteiger partial charge < -0.3 is 9.04 Å². The lowest BCUT2D eigenvalue weighted by Gasteiger charge is -2.39. The molecule has 0 bridgehead atoms. The first kappa shape index (κ1) is 13.9. The summed E-state index contributed by atoms with van der Waals surface area (Å²) in [5, 5.41) is 0. The lowest BCUT2D eigenvalue weighted by molar-refractivity contribution is -0.896. The van der Waals surface area contributed by atoms with Crippen molar-refractivity contribution in [2.45, 2.75) is 27.2 Å². The Kier molecular flexibility index (Phi) is 3.98. The summed E-state index contributed by atoms with van der Waals surface area (Å²) >= 11 is -1.82. The molecule has 0 radical (unpaired) electrons. The standard InChI is InChI=1S/C12H23NO2S/c1-10-6-7-13(4,5)9-12(2,3)8-11(10)16(14)15/h8,10H,6-7,9H2,1-5H3/p+1. The zero-order chi connectivity index (χ0) is 12.6. The largest absolute Gasteiger partial charge is 0.328 e. The second-order valence-corrected chi connectivity index (χ2v) is 7.26. The fourth-order valence-corrected chi connectivity index (χ4v) is 3.55. The van der Waals surface area contributed by atoms with E-state index >= 15 is 0 Å². The van der Waals surface area contributed by atoms with E-state index in [0.717, 1.165) is 24.0 Å². The first-order valence-electron chi connectivity index (χ1n) is 5.79. The van der Waals surface area contributed by atoms with Crippen LogP contribution in [0, 0.1) is 11.3 Å². The Hall–Kier alpha value is -0.190. The second-order valence-electron chi connectivity index (χ2n) is 6.29. The van der Waals surface area contributed by atoms with Crippen LogP contribution in [0.3, 0.4) is 0 Å². The van der Waals surface area contributed by atoms with Gasteiger partial charge in [0, 0.05) is 16.7 Å². The molecule has 0 amide bonds. The predicted octanol–water partition coefficient (Wildman–Crippen LogP) is 2.23. The number of hydrogen-bond acceptors (Lipinski definition) is 1. The molecule has 0 aromatic heterocycles. The van der Waals surface area contributed by atoms with Crippen LogP contribution in [-0.4, -0.2) is 40.4 Å². The Morgan fingerprint density at radius 3 is 2.56 bits per heavy atom. The molecule has 3 nitrogen and oxygen atoms in total. The summed E-state index contributed by atoms with van der Waals surface area (Å²) in [6.45, 7) is 8.37. The van der Waals surface area contributed by atoms with Crippen molar-refractivity contribution < 1.29 is 13.2 Å². The van der Waals surface area contributed by atoms with Gasteiger partial charge in [-0.3, -0.25) is 0 Å². The highest BCUT2D eigenvalue weighted by Gasteiger charge is 2.32. The van der Waals surface area contributed by atoms with E-state index in [0.29, 0.717) is 4.91 Å². The Balaban J connectivity index is 3.08. The highest BCUT2D eigenvalue weighted by atomic mass is 32.2. The molecule has 2 unspecified atom stereocenters. The van der Waals surface area contributed by atoms with Gasteiger partial charge in [0.25, 0.3) is 0 Å². The van der Waals surface area contributed by atoms with Gasteiger partial charge in [0.2, 0.25) is 0 Å². The van der Waals surface area contributed by atoms with Crippen LogP contribution in [0.25, 0.3) is 0 Å². The molecule has 0 aromatic carbocycles. The molecule has 1 aliphatic rings. The van der Waals surface area contributed by atoms with Crippen LogP contribution in [0.5, 0.6) is 0 Å². The molecule has 1 rings (SSSR count). The third-order valence-corrected chi connectivity index (χ3v) is 4.15. The molecule has 0 saturated heterocycles. The van der Waals surface area contributed by atoms with E-state index in [2.05, 4.69) is 27.9 Å². The van der Waals surface area contributed by atoms with Gasteiger partial charge >= 0.3 is 0 Å². The molecular formula is C12H24NO2S+. The summed E-state index contributed by atoms with van der Waals surface area (Å²) in [6.07, 6.45) is 2.98. The van der Waals surface area contributed by atoms with Gasteiger partial charge in [0.05, 0.1) is 27.2 Å². The first-order chi connectivity index (χ1) is 7.13. The quantitative estimate of drug-likeness (QED) is 0.569. The van der Waals surface area contributed by atoms with E-state index in [1.165, 1.54) is 0 Å². The molecule has 0 spiro atoms. The average molecular weight is 246 g/mol. The van der Waals surface area contributed by atoms with Gasteiger partial charge in [-0.2, -0.15) is 0 Å². The van der Waals surface area contributed by atoms with Gasteiger partial charge in [-0.25, -0.2) is 4.21 Å². The molecule has 16 heavy (non-hydrogen) atoms. The SMILES string of the molecule is CC1CC[N+](C)(C)CC(C)(C)C=C1S(=O)O. The number of quaternary nitrogens is 1. The summed E-state index contributed by atoms with van der Waals surface area (Å²) in [5.41, 5.74) is -0.0219. The highest BCUT2D eigenvalue weighted by molar-refractivity contribution is 7.83. The number of nitrogens with zero attached hydrogens (tertiary/aromatic N) is 1. The Morgan fingerprint density at radius 2 is 2.06 bits per heavy atom. The van der Waals surface area contributed by atoms with Crippen LogP contribution >= 0.6 is 0 Å². The minimum absolute atomic E-state index is 0.0219. The summed E-state index contributed by atoms with van der Waals surface area (Å²) < 4.78 is 21.6. The van der Waals surface area contributed by atoms with E-state index in [4.69, 9.17) is 0 Å². The molecule has 1 aliphatic heterocycles. The Bertz CT molecular complexity index is 321. The maximum atomic E-state index is 11.3. The number of rotatable bonds is 1. The van der Waals surface area contributed by atoms with Crippen molar-refractivity contribution in [2.24, 2.45) is 11.3 Å². The predicted molar refractivity (Wildman–Crippen MR) is 68.3 cm³/mol. The van der Waals surface area contributed by atoms with Gasteiger partial charge in [0.1, 0.15) is 0 Å². The molecule has 0 fully saturated rings. The summed E-state index contributed by atoms with van der Waals surface area (Å²) in [6, 6.07) is 0. The van der Waals surface area contributed by atoms with Crippen LogP contribution in [0.15, 0.2) is 11.0 Å². The van der Waals surface area contributed by atoms with Crippen molar-refractivity contribution in [3.8, 4) is 0 Å². The number of hydrogen-bond donors (Lipinski definition) is 1. The topological polar surface area (TPSA) is 37.3 Å². The van der Waals surface area contributed by atoms with Crippen molar-refractivity contribution in [1.82, 2.24) is 0 Å². The molecule has 0 saturated carbocycles. The van der Waals surface area contributed by atoms with Gasteiger partial charge in [-0.05, 0) is 5.92 Å². The van der Waals surface area contributed by atoms with Crippen LogP contribution < -0.4 is 0 Å². The van der Waals surface area contributed by atoms with Crippen molar-refractivity contribution in [1.29, 1.82) is 0 Å². The van der Waals surface area contributed by atoms with E-state index in [1.54, 1.807) is 0 Å². The van der Waals surface area contributed by atoms with Gasteiger partial charge in [0.15, 0.2) is 11.1 Å². The van der Waals surface area contributed by atoms with E-state index in [9.17, 15) is 8.76 Å². The summed E-state index contributed by atoms with van der Waals surface area (Å²) in [4.78, 5) is 0.699. The minimum Gasteiger partial charge on any atom is -0.328 e. The monoisotopic (exact) mass is 246 g/mol. The van der Waals surface area contributed by atoms with E-state index in [1.807, 2.05) is 13.0 Å². The maximum Gasteiger partial charge on any atom is 0.182 e. The third-order valence-electron chi connectivity index (χ3n) is 3.22. The molecule has 0 aromatic rings. The molecular weight excluding hydrogens is 222 g/mol. The third kappa shape index (κ3) is 3.68. The first-order valence-corrected chi connectivity index (χ1v) is 6.89. The normalized spacial score (nSPS) is 31.1. The molecule has 4 heteroatoms. The molecule has 1 heterocycles. The van der Waals surface area contributed by atoms with Crippen LogP contribution in [0.1, 0.15) is 27.2 Å². The summed E-state index contributed by atoms with van der Waals surface area (Å²) in [7, 11) is 4.45. The van der Waals surface area contributed by atoms with Crippen LogP contribution in [0.2, 0.25) is 0 Å². The Labute approximate surface area is 101 Å². The zero-order valence-electron chi connectivity index (χ0n) is 11.0. The Morgan fingerprint density at radius 1 is 1.50 bits per heavy atom. The smallest absolute Gasteiger partial charge is 0.182 e. The van der Waals surface area contributed by atoms with Crippen molar-refractivity contribution in [3.63, 3.8) is 0 Å². The van der Waals surface area contributed by atoms with Gasteiger partial charge in [-0.15, -0.1) is 0 Å². The molecule has 94 valence electrons. The molecule has 2 atom stereocenters. The minimum atomic E-state index is -1.82. The fourth-order valence-electron chi connectivity index (χ4n) is 2.66. The summed E-state index contributed by atoms with van der Waals surface area (Å²) in [5.74, 6) is 0.197. The zero-order valence-corrected chi connectivity index (χ0v) is 11.8. The fraction of sp³-hybridized carbons (Fsp3) is 0.833. The van der Waals surface area contributed by atoms with Gasteiger partial charge in [-0.1, -0.05) is 26.8 Å². The van der Waals surface area contributed by atoms with E-state index < -0.39 is 11.1 Å².